The molecule has 0 rings (SSSR count). The molecule has 0 amide bonds. The van der Waals surface area contributed by atoms with Gasteiger partial charge in [0, 0.05) is 0 Å². The molecular weight excluding hydrogens is 316 g/mol. The van der Waals surface area contributed by atoms with Crippen LogP contribution in [0.4, 0.5) is 0 Å². The lowest BCUT2D eigenvalue weighted by molar-refractivity contribution is -0.270. The van der Waals surface area contributed by atoms with Gasteiger partial charge in [-0.15, -0.1) is 0 Å². The Balaban J connectivity index is 4.93. The normalized spacial score (nSPS) is 9.68. The molecule has 122 valence electrons. The van der Waals surface area contributed by atoms with E-state index < -0.39 is 36.4 Å². The molecular formula is C9H8O13. The molecule has 0 saturated heterocycles. The maximum absolute atomic E-state index is 11.5. The van der Waals surface area contributed by atoms with Crippen molar-refractivity contribution < 1.29 is 63.2 Å². The molecule has 0 aromatic rings. The summed E-state index contributed by atoms with van der Waals surface area (Å²) in [4.78, 5) is 85.4. The van der Waals surface area contributed by atoms with Gasteiger partial charge in [0.1, 0.15) is 0 Å². The zero-order valence-electron chi connectivity index (χ0n) is 10.5. The third kappa shape index (κ3) is 6.80. The monoisotopic (exact) mass is 324 g/mol. The van der Waals surface area contributed by atoms with Crippen molar-refractivity contribution in [3.63, 3.8) is 0 Å². The standard InChI is InChI=1S/C9H8O13/c10-3-17-20-6(13)1-9(16,8(15)22-19-5-12)2-7(14)21-18-4-11/h3-5,16H,1-2H2. The Morgan fingerprint density at radius 3 is 1.50 bits per heavy atom. The fourth-order valence-corrected chi connectivity index (χ4v) is 1.03. The molecule has 0 aromatic carbocycles. The number of hydrogen-bond acceptors (Lipinski definition) is 13. The van der Waals surface area contributed by atoms with Crippen molar-refractivity contribution >= 4 is 37.3 Å². The van der Waals surface area contributed by atoms with E-state index in [2.05, 4.69) is 29.3 Å². The Morgan fingerprint density at radius 1 is 0.773 bits per heavy atom. The minimum absolute atomic E-state index is 0.281. The number of rotatable bonds is 11. The number of aliphatic hydroxyl groups is 1. The van der Waals surface area contributed by atoms with Gasteiger partial charge < -0.3 is 5.11 Å². The Bertz CT molecular complexity index is 415. The van der Waals surface area contributed by atoms with Gasteiger partial charge in [-0.1, -0.05) is 0 Å². The number of carbonyl (C=O) groups is 6. The van der Waals surface area contributed by atoms with Gasteiger partial charge >= 0.3 is 37.3 Å². The quantitative estimate of drug-likeness (QED) is 0.237. The summed E-state index contributed by atoms with van der Waals surface area (Å²) >= 11 is 0. The summed E-state index contributed by atoms with van der Waals surface area (Å²) < 4.78 is 0. The van der Waals surface area contributed by atoms with E-state index in [1.54, 1.807) is 0 Å². The molecule has 0 bridgehead atoms. The largest absolute Gasteiger partial charge is 0.387 e. The van der Waals surface area contributed by atoms with E-state index in [0.717, 1.165) is 0 Å². The summed E-state index contributed by atoms with van der Waals surface area (Å²) in [5, 5.41) is 9.89. The van der Waals surface area contributed by atoms with Crippen LogP contribution >= 0.6 is 0 Å². The van der Waals surface area contributed by atoms with E-state index in [1.807, 2.05) is 0 Å². The van der Waals surface area contributed by atoms with Gasteiger partial charge in [0.15, 0.2) is 5.60 Å². The smallest absolute Gasteiger partial charge is 0.377 e. The first-order valence-electron chi connectivity index (χ1n) is 5.03. The highest BCUT2D eigenvalue weighted by molar-refractivity contribution is 5.89. The average Bonchev–Trinajstić information content (AvgIpc) is 2.48. The van der Waals surface area contributed by atoms with Crippen LogP contribution in [0, 0.1) is 0 Å². The lowest BCUT2D eigenvalue weighted by Crippen LogP contribution is -2.44. The molecule has 13 nitrogen and oxygen atoms in total. The van der Waals surface area contributed by atoms with Gasteiger partial charge in [-0.05, 0) is 0 Å². The first-order chi connectivity index (χ1) is 10.4. The minimum Gasteiger partial charge on any atom is -0.377 e. The minimum atomic E-state index is -2.93. The number of hydrogen-bond donors (Lipinski definition) is 1. The van der Waals surface area contributed by atoms with Gasteiger partial charge in [-0.3, -0.25) is 29.0 Å². The topological polar surface area (TPSA) is 178 Å². The van der Waals surface area contributed by atoms with Crippen LogP contribution in [0.15, 0.2) is 0 Å². The van der Waals surface area contributed by atoms with Gasteiger partial charge in [0.25, 0.3) is 0 Å². The molecule has 0 unspecified atom stereocenters. The molecule has 0 fully saturated rings. The maximum atomic E-state index is 11.5. The van der Waals surface area contributed by atoms with Crippen molar-refractivity contribution in [3.05, 3.63) is 0 Å². The highest BCUT2D eigenvalue weighted by Crippen LogP contribution is 2.20. The van der Waals surface area contributed by atoms with E-state index in [9.17, 15) is 33.9 Å². The van der Waals surface area contributed by atoms with Crippen LogP contribution in [0.25, 0.3) is 0 Å². The predicted octanol–water partition coefficient (Wildman–Crippen LogP) is -2.61. The summed E-state index contributed by atoms with van der Waals surface area (Å²) in [5.74, 6) is -4.70. The third-order valence-electron chi connectivity index (χ3n) is 1.78. The third-order valence-corrected chi connectivity index (χ3v) is 1.78. The molecule has 0 aliphatic carbocycles. The van der Waals surface area contributed by atoms with Gasteiger partial charge in [-0.2, -0.15) is 0 Å². The maximum Gasteiger partial charge on any atom is 0.387 e. The Labute approximate surface area is 120 Å². The second-order valence-corrected chi connectivity index (χ2v) is 3.24. The summed E-state index contributed by atoms with van der Waals surface area (Å²) in [7, 11) is 0. The summed E-state index contributed by atoms with van der Waals surface area (Å²) in [6.07, 6.45) is -2.53. The summed E-state index contributed by atoms with van der Waals surface area (Å²) in [6, 6.07) is 0. The molecule has 0 aromatic heterocycles. The average molecular weight is 324 g/mol. The summed E-state index contributed by atoms with van der Waals surface area (Å²) in [6.45, 7) is -0.895. The van der Waals surface area contributed by atoms with Crippen LogP contribution in [0.3, 0.4) is 0 Å². The Morgan fingerprint density at radius 2 is 1.14 bits per heavy atom. The van der Waals surface area contributed by atoms with Crippen LogP contribution in [-0.2, 0) is 58.1 Å². The molecule has 13 heteroatoms. The molecule has 0 atom stereocenters. The molecule has 0 radical (unpaired) electrons. The van der Waals surface area contributed by atoms with Crippen molar-refractivity contribution in [2.75, 3.05) is 0 Å². The van der Waals surface area contributed by atoms with Crippen LogP contribution in [0.5, 0.6) is 0 Å². The van der Waals surface area contributed by atoms with Crippen molar-refractivity contribution in [3.8, 4) is 0 Å². The lowest BCUT2D eigenvalue weighted by Gasteiger charge is -2.21. The van der Waals surface area contributed by atoms with Gasteiger partial charge in [-0.25, -0.2) is 29.0 Å². The fourth-order valence-electron chi connectivity index (χ4n) is 1.03. The zero-order chi connectivity index (χ0) is 17.0. The van der Waals surface area contributed by atoms with Crippen molar-refractivity contribution in [2.24, 2.45) is 0 Å². The first kappa shape index (κ1) is 18.8. The lowest BCUT2D eigenvalue weighted by atomic mass is 9.96. The molecule has 22 heavy (non-hydrogen) atoms. The molecule has 0 saturated carbocycles. The second kappa shape index (κ2) is 9.65. The van der Waals surface area contributed by atoms with Crippen molar-refractivity contribution in [1.29, 1.82) is 0 Å². The Hall–Kier alpha value is -3.22. The zero-order valence-corrected chi connectivity index (χ0v) is 10.5. The highest BCUT2D eigenvalue weighted by Gasteiger charge is 2.45. The first-order valence-corrected chi connectivity index (χ1v) is 5.03. The van der Waals surface area contributed by atoms with Crippen LogP contribution < -0.4 is 0 Å². The van der Waals surface area contributed by atoms with Gasteiger partial charge in [0.2, 0.25) is 0 Å². The molecule has 1 N–H and O–H groups in total. The van der Waals surface area contributed by atoms with E-state index in [1.165, 1.54) is 0 Å². The van der Waals surface area contributed by atoms with Crippen LogP contribution in [0.1, 0.15) is 12.8 Å². The number of carbonyl (C=O) groups excluding carboxylic acids is 6. The van der Waals surface area contributed by atoms with Crippen molar-refractivity contribution in [1.82, 2.24) is 0 Å². The Kier molecular flexibility index (Phi) is 8.24. The van der Waals surface area contributed by atoms with Gasteiger partial charge in [0.05, 0.1) is 12.8 Å². The fraction of sp³-hybridized carbons (Fsp3) is 0.333. The molecule has 0 heterocycles. The summed E-state index contributed by atoms with van der Waals surface area (Å²) in [5.41, 5.74) is -2.93. The SMILES string of the molecule is O=COOC(=O)CC(O)(CC(=O)OOC=O)C(=O)OOC=O. The van der Waals surface area contributed by atoms with Crippen molar-refractivity contribution in [2.45, 2.75) is 18.4 Å². The van der Waals surface area contributed by atoms with E-state index in [4.69, 9.17) is 0 Å². The van der Waals surface area contributed by atoms with Crippen LogP contribution in [0.2, 0.25) is 0 Å². The highest BCUT2D eigenvalue weighted by atomic mass is 17.2. The predicted molar refractivity (Wildman–Crippen MR) is 53.9 cm³/mol. The molecule has 0 spiro atoms. The van der Waals surface area contributed by atoms with Crippen LogP contribution in [-0.4, -0.2) is 48.0 Å². The second-order valence-electron chi connectivity index (χ2n) is 3.24. The molecule has 0 aliphatic rings. The molecule has 0 aliphatic heterocycles. The van der Waals surface area contributed by atoms with E-state index >= 15 is 0 Å². The van der Waals surface area contributed by atoms with E-state index in [-0.39, 0.29) is 19.4 Å². The van der Waals surface area contributed by atoms with E-state index in [0.29, 0.717) is 0 Å².